The molecule has 0 atom stereocenters. The number of amides is 1. The highest BCUT2D eigenvalue weighted by atomic mass is 35.5. The Hall–Kier alpha value is -3.38. The van der Waals surface area contributed by atoms with Crippen molar-refractivity contribution in [3.8, 4) is 22.5 Å². The second-order valence-corrected chi connectivity index (χ2v) is 11.9. The number of hydrogen-bond acceptors (Lipinski definition) is 6. The van der Waals surface area contributed by atoms with Crippen LogP contribution in [0.1, 0.15) is 40.2 Å². The van der Waals surface area contributed by atoms with E-state index in [0.717, 1.165) is 24.7 Å². The molecule has 1 fully saturated rings. The molecule has 6 rings (SSSR count). The minimum atomic E-state index is -3.75. The molecule has 200 valence electrons. The maximum Gasteiger partial charge on any atom is 0.493 e. The van der Waals surface area contributed by atoms with E-state index in [1.165, 1.54) is 31.3 Å². The summed E-state index contributed by atoms with van der Waals surface area (Å²) in [6, 6.07) is 10.9. The average molecular weight is 569 g/mol. The fourth-order valence-electron chi connectivity index (χ4n) is 5.24. The molecule has 0 saturated heterocycles. The SMILES string of the molecule is CNC(=O)c1c(-c2ccc(F)cc2)oc2ccc(C3CC3)c(-c3c(NS(C)(=O)=O)cc4c(c3Cl)B(O)OC4)c12. The first-order valence-corrected chi connectivity index (χ1v) is 14.5. The van der Waals surface area contributed by atoms with Crippen molar-refractivity contribution >= 4 is 56.8 Å². The van der Waals surface area contributed by atoms with E-state index >= 15 is 0 Å². The number of halogens is 2. The third-order valence-electron chi connectivity index (χ3n) is 7.04. The Kier molecular flexibility index (Phi) is 6.22. The number of sulfonamides is 1. The van der Waals surface area contributed by atoms with E-state index in [4.69, 9.17) is 20.7 Å². The second-order valence-electron chi connectivity index (χ2n) is 9.79. The zero-order valence-electron chi connectivity index (χ0n) is 21.0. The van der Waals surface area contributed by atoms with Gasteiger partial charge in [0.05, 0.1) is 29.1 Å². The number of fused-ring (bicyclic) bond motifs is 2. The fraction of sp³-hybridized carbons (Fsp3) is 0.222. The van der Waals surface area contributed by atoms with Gasteiger partial charge in [0.2, 0.25) is 10.0 Å². The zero-order chi connectivity index (χ0) is 27.6. The largest absolute Gasteiger partial charge is 0.493 e. The van der Waals surface area contributed by atoms with E-state index in [1.54, 1.807) is 12.1 Å². The molecule has 3 aromatic carbocycles. The number of carbonyl (C=O) groups excluding carboxylic acids is 1. The van der Waals surface area contributed by atoms with E-state index in [2.05, 4.69) is 10.0 Å². The van der Waals surface area contributed by atoms with Gasteiger partial charge in [-0.2, -0.15) is 0 Å². The van der Waals surface area contributed by atoms with Crippen molar-refractivity contribution in [1.29, 1.82) is 0 Å². The van der Waals surface area contributed by atoms with Crippen LogP contribution in [0.2, 0.25) is 5.02 Å². The van der Waals surface area contributed by atoms with Crippen LogP contribution in [0.4, 0.5) is 10.1 Å². The average Bonchev–Trinajstić information content (AvgIpc) is 3.55. The van der Waals surface area contributed by atoms with Crippen LogP contribution in [0, 0.1) is 5.82 Å². The van der Waals surface area contributed by atoms with Gasteiger partial charge in [0.25, 0.3) is 5.91 Å². The maximum atomic E-state index is 13.7. The number of rotatable bonds is 6. The summed E-state index contributed by atoms with van der Waals surface area (Å²) in [4.78, 5) is 13.4. The van der Waals surface area contributed by atoms with Crippen molar-refractivity contribution in [1.82, 2.24) is 5.32 Å². The smallest absolute Gasteiger partial charge is 0.455 e. The fourth-order valence-corrected chi connectivity index (χ4v) is 6.21. The quantitative estimate of drug-likeness (QED) is 0.297. The molecule has 1 saturated carbocycles. The van der Waals surface area contributed by atoms with E-state index in [1.807, 2.05) is 6.07 Å². The van der Waals surface area contributed by atoms with Gasteiger partial charge in [-0.1, -0.05) is 17.7 Å². The van der Waals surface area contributed by atoms with Crippen molar-refractivity contribution in [2.45, 2.75) is 25.4 Å². The molecular formula is C27H23BClFN2O6S. The van der Waals surface area contributed by atoms with Crippen LogP contribution in [-0.4, -0.2) is 39.8 Å². The minimum Gasteiger partial charge on any atom is -0.455 e. The molecule has 8 nitrogen and oxygen atoms in total. The van der Waals surface area contributed by atoms with Crippen LogP contribution in [0.3, 0.4) is 0 Å². The third-order valence-corrected chi connectivity index (χ3v) is 8.03. The van der Waals surface area contributed by atoms with Gasteiger partial charge in [0, 0.05) is 34.6 Å². The number of anilines is 1. The van der Waals surface area contributed by atoms with Crippen LogP contribution in [0.15, 0.2) is 46.9 Å². The Morgan fingerprint density at radius 1 is 1.15 bits per heavy atom. The molecular weight excluding hydrogens is 546 g/mol. The van der Waals surface area contributed by atoms with Gasteiger partial charge < -0.3 is 19.4 Å². The van der Waals surface area contributed by atoms with Crippen LogP contribution in [0.5, 0.6) is 0 Å². The van der Waals surface area contributed by atoms with Crippen LogP contribution in [-0.2, 0) is 21.3 Å². The van der Waals surface area contributed by atoms with Crippen LogP contribution in [0.25, 0.3) is 33.4 Å². The lowest BCUT2D eigenvalue weighted by molar-refractivity contribution is 0.0964. The van der Waals surface area contributed by atoms with Crippen LogP contribution >= 0.6 is 11.6 Å². The van der Waals surface area contributed by atoms with E-state index in [9.17, 15) is 22.6 Å². The third kappa shape index (κ3) is 4.49. The van der Waals surface area contributed by atoms with Crippen LogP contribution < -0.4 is 15.5 Å². The molecule has 3 N–H and O–H groups in total. The summed E-state index contributed by atoms with van der Waals surface area (Å²) in [5.41, 5.74) is 3.86. The Bertz CT molecular complexity index is 1770. The van der Waals surface area contributed by atoms with E-state index in [-0.39, 0.29) is 34.6 Å². The summed E-state index contributed by atoms with van der Waals surface area (Å²) in [5.74, 6) is -0.490. The molecule has 1 aliphatic heterocycles. The molecule has 1 amide bonds. The highest BCUT2D eigenvalue weighted by Gasteiger charge is 2.37. The predicted octanol–water partition coefficient (Wildman–Crippen LogP) is 4.39. The van der Waals surface area contributed by atoms with Crippen molar-refractivity contribution in [2.24, 2.45) is 0 Å². The summed E-state index contributed by atoms with van der Waals surface area (Å²) < 4.78 is 52.8. The molecule has 0 bridgehead atoms. The molecule has 1 aliphatic carbocycles. The van der Waals surface area contributed by atoms with Crippen molar-refractivity contribution < 1.29 is 31.7 Å². The topological polar surface area (TPSA) is 118 Å². The Morgan fingerprint density at radius 3 is 2.51 bits per heavy atom. The summed E-state index contributed by atoms with van der Waals surface area (Å²) in [6.07, 6.45) is 2.84. The monoisotopic (exact) mass is 568 g/mol. The number of benzene rings is 3. The lowest BCUT2D eigenvalue weighted by Crippen LogP contribution is -2.30. The van der Waals surface area contributed by atoms with Crippen molar-refractivity contribution in [3.63, 3.8) is 0 Å². The standard InChI is InChI=1S/C27H23BClFN2O6S/c1-31-27(33)23-22-19(38-26(23)14-5-7-16(30)8-6-14)10-9-17(13-3-4-13)20(22)21-18(32-39(2,35)36)11-15-12-37-28(34)24(15)25(21)29/h5-11,13,32,34H,3-4,12H2,1-2H3,(H,31,33). The van der Waals surface area contributed by atoms with Gasteiger partial charge in [0.15, 0.2) is 0 Å². The van der Waals surface area contributed by atoms with Crippen molar-refractivity contribution in [2.75, 3.05) is 18.0 Å². The normalized spacial score (nSPS) is 15.1. The molecule has 12 heteroatoms. The molecule has 1 aromatic heterocycles. The molecule has 0 radical (unpaired) electrons. The summed E-state index contributed by atoms with van der Waals surface area (Å²) >= 11 is 6.97. The molecule has 39 heavy (non-hydrogen) atoms. The van der Waals surface area contributed by atoms with Gasteiger partial charge in [-0.25, -0.2) is 12.8 Å². The highest BCUT2D eigenvalue weighted by Crippen LogP contribution is 2.52. The Morgan fingerprint density at radius 2 is 1.87 bits per heavy atom. The Labute approximate surface area is 229 Å². The molecule has 2 aliphatic rings. The van der Waals surface area contributed by atoms with Gasteiger partial charge in [-0.15, -0.1) is 0 Å². The number of hydrogen-bond donors (Lipinski definition) is 3. The summed E-state index contributed by atoms with van der Waals surface area (Å²) in [7, 11) is -3.55. The van der Waals surface area contributed by atoms with Gasteiger partial charge in [0.1, 0.15) is 17.2 Å². The van der Waals surface area contributed by atoms with Gasteiger partial charge in [-0.3, -0.25) is 9.52 Å². The molecule has 4 aromatic rings. The second kappa shape index (κ2) is 9.37. The zero-order valence-corrected chi connectivity index (χ0v) is 22.5. The number of nitrogens with one attached hydrogen (secondary N) is 2. The van der Waals surface area contributed by atoms with E-state index in [0.29, 0.717) is 38.7 Å². The first-order valence-electron chi connectivity index (χ1n) is 12.3. The number of furan rings is 1. The van der Waals surface area contributed by atoms with Crippen molar-refractivity contribution in [3.05, 3.63) is 70.0 Å². The first-order chi connectivity index (χ1) is 18.6. The first kappa shape index (κ1) is 25.9. The van der Waals surface area contributed by atoms with Gasteiger partial charge in [-0.05, 0) is 66.3 Å². The molecule has 0 unspecified atom stereocenters. The van der Waals surface area contributed by atoms with Gasteiger partial charge >= 0.3 is 7.12 Å². The lowest BCUT2D eigenvalue weighted by Gasteiger charge is -2.20. The highest BCUT2D eigenvalue weighted by molar-refractivity contribution is 7.92. The summed E-state index contributed by atoms with van der Waals surface area (Å²) in [6.45, 7) is 0.0541. The summed E-state index contributed by atoms with van der Waals surface area (Å²) in [5, 5.41) is 13.8. The molecule has 2 heterocycles. The van der Waals surface area contributed by atoms with E-state index < -0.39 is 28.9 Å². The lowest BCUT2D eigenvalue weighted by atomic mass is 9.76. The number of carbonyl (C=O) groups is 1. The predicted molar refractivity (Wildman–Crippen MR) is 148 cm³/mol. The molecule has 0 spiro atoms. The Balaban J connectivity index is 1.76. The maximum absolute atomic E-state index is 13.7. The minimum absolute atomic E-state index is 0.0541.